The zero-order chi connectivity index (χ0) is 16.0. The number of nitrogens with zero attached hydrogens (tertiary/aromatic N) is 1. The largest absolute Gasteiger partial charge is 0.466 e. The number of nitrogens with two attached hydrogens (primary N) is 1. The number of esters is 1. The van der Waals surface area contributed by atoms with Gasteiger partial charge in [-0.15, -0.1) is 0 Å². The smallest absolute Gasteiger partial charge is 0.307 e. The van der Waals surface area contributed by atoms with E-state index in [4.69, 9.17) is 10.5 Å². The molecule has 0 saturated carbocycles. The quantitative estimate of drug-likeness (QED) is 0.766. The lowest BCUT2D eigenvalue weighted by atomic mass is 10.1. The predicted molar refractivity (Wildman–Crippen MR) is 80.1 cm³/mol. The molecule has 118 valence electrons. The van der Waals surface area contributed by atoms with Gasteiger partial charge in [-0.1, -0.05) is 12.1 Å². The molecule has 0 aromatic heterocycles. The minimum atomic E-state index is -3.64. The maximum Gasteiger partial charge on any atom is 0.307 e. The van der Waals surface area contributed by atoms with Crippen molar-refractivity contribution < 1.29 is 17.9 Å². The number of benzene rings is 1. The summed E-state index contributed by atoms with van der Waals surface area (Å²) in [4.78, 5) is 11.5. The molecule has 1 rings (SSSR count). The van der Waals surface area contributed by atoms with Crippen LogP contribution in [0.1, 0.15) is 31.9 Å². The van der Waals surface area contributed by atoms with Gasteiger partial charge in [0.2, 0.25) is 10.0 Å². The molecule has 6 nitrogen and oxygen atoms in total. The third-order valence-electron chi connectivity index (χ3n) is 3.03. The Morgan fingerprint density at radius 2 is 2.10 bits per heavy atom. The second-order valence-electron chi connectivity index (χ2n) is 4.74. The number of hydrogen-bond acceptors (Lipinski definition) is 5. The molecular formula is C14H22N2O4S. The summed E-state index contributed by atoms with van der Waals surface area (Å²) in [6.45, 7) is 3.85. The normalized spacial score (nSPS) is 13.2. The van der Waals surface area contributed by atoms with Gasteiger partial charge in [0.15, 0.2) is 0 Å². The molecule has 2 N–H and O–H groups in total. The number of sulfonamides is 1. The van der Waals surface area contributed by atoms with E-state index < -0.39 is 16.0 Å². The summed E-state index contributed by atoms with van der Waals surface area (Å²) in [6, 6.07) is 6.26. The lowest BCUT2D eigenvalue weighted by Crippen LogP contribution is -2.29. The molecule has 0 bridgehead atoms. The molecule has 7 heteroatoms. The second-order valence-corrected chi connectivity index (χ2v) is 6.79. The van der Waals surface area contributed by atoms with Crippen molar-refractivity contribution in [2.24, 2.45) is 5.73 Å². The molecule has 0 aliphatic rings. The van der Waals surface area contributed by atoms with Gasteiger partial charge in [0, 0.05) is 19.6 Å². The van der Waals surface area contributed by atoms with Crippen molar-refractivity contribution in [1.82, 2.24) is 4.31 Å². The Kier molecular flexibility index (Phi) is 6.32. The highest BCUT2D eigenvalue weighted by atomic mass is 32.2. The summed E-state index contributed by atoms with van der Waals surface area (Å²) in [7, 11) is -2.20. The summed E-state index contributed by atoms with van der Waals surface area (Å²) >= 11 is 0. The maximum absolute atomic E-state index is 12.4. The third-order valence-corrected chi connectivity index (χ3v) is 4.88. The van der Waals surface area contributed by atoms with Crippen molar-refractivity contribution in [3.8, 4) is 0 Å². The van der Waals surface area contributed by atoms with Crippen LogP contribution in [0.3, 0.4) is 0 Å². The number of carbonyl (C=O) groups excluding carboxylic acids is 1. The van der Waals surface area contributed by atoms with Gasteiger partial charge in [0.25, 0.3) is 0 Å². The predicted octanol–water partition coefficient (Wildman–Crippen LogP) is 1.28. The van der Waals surface area contributed by atoms with Gasteiger partial charge < -0.3 is 10.5 Å². The van der Waals surface area contributed by atoms with Crippen LogP contribution >= 0.6 is 0 Å². The van der Waals surface area contributed by atoms with Gasteiger partial charge in [-0.25, -0.2) is 12.7 Å². The summed E-state index contributed by atoms with van der Waals surface area (Å²) in [5.74, 6) is -0.413. The van der Waals surface area contributed by atoms with E-state index in [1.165, 1.54) is 13.1 Å². The van der Waals surface area contributed by atoms with E-state index in [1.54, 1.807) is 32.0 Å². The lowest BCUT2D eigenvalue weighted by molar-refractivity contribution is -0.143. The van der Waals surface area contributed by atoms with Gasteiger partial charge in [-0.3, -0.25) is 4.79 Å². The van der Waals surface area contributed by atoms with Gasteiger partial charge in [0.05, 0.1) is 17.9 Å². The average Bonchev–Trinajstić information content (AvgIpc) is 2.45. The molecular weight excluding hydrogens is 292 g/mol. The van der Waals surface area contributed by atoms with Crippen LogP contribution in [-0.4, -0.2) is 38.9 Å². The fraction of sp³-hybridized carbons (Fsp3) is 0.500. The molecule has 21 heavy (non-hydrogen) atoms. The van der Waals surface area contributed by atoms with Gasteiger partial charge in [0.1, 0.15) is 0 Å². The molecule has 0 saturated heterocycles. The molecule has 0 amide bonds. The zero-order valence-electron chi connectivity index (χ0n) is 12.6. The standard InChI is InChI=1S/C14H22N2O4S/c1-4-20-14(17)8-9-16(3)21(18,19)13-7-5-6-12(10-13)11(2)15/h5-7,10-11H,4,8-9,15H2,1-3H3. The van der Waals surface area contributed by atoms with Gasteiger partial charge in [-0.05, 0) is 31.5 Å². The first kappa shape index (κ1) is 17.6. The first-order chi connectivity index (χ1) is 9.78. The van der Waals surface area contributed by atoms with Crippen LogP contribution < -0.4 is 5.73 Å². The second kappa shape index (κ2) is 7.53. The van der Waals surface area contributed by atoms with Crippen LogP contribution in [-0.2, 0) is 19.6 Å². The topological polar surface area (TPSA) is 89.7 Å². The molecule has 0 aliphatic carbocycles. The first-order valence-electron chi connectivity index (χ1n) is 6.76. The van der Waals surface area contributed by atoms with Crippen LogP contribution in [0.5, 0.6) is 0 Å². The van der Waals surface area contributed by atoms with Crippen LogP contribution in [0.2, 0.25) is 0 Å². The SMILES string of the molecule is CCOC(=O)CCN(C)S(=O)(=O)c1cccc(C(C)N)c1. The molecule has 1 atom stereocenters. The minimum Gasteiger partial charge on any atom is -0.466 e. The summed E-state index contributed by atoms with van der Waals surface area (Å²) in [5, 5.41) is 0. The molecule has 0 aliphatic heterocycles. The lowest BCUT2D eigenvalue weighted by Gasteiger charge is -2.17. The molecule has 0 spiro atoms. The van der Waals surface area contributed by atoms with Crippen LogP contribution in [0.4, 0.5) is 0 Å². The van der Waals surface area contributed by atoms with E-state index in [2.05, 4.69) is 0 Å². The Labute approximate surface area is 125 Å². The number of rotatable bonds is 7. The zero-order valence-corrected chi connectivity index (χ0v) is 13.4. The Balaban J connectivity index is 2.85. The van der Waals surface area contributed by atoms with Crippen molar-refractivity contribution in [1.29, 1.82) is 0 Å². The minimum absolute atomic E-state index is 0.0244. The van der Waals surface area contributed by atoms with Crippen molar-refractivity contribution in [3.63, 3.8) is 0 Å². The van der Waals surface area contributed by atoms with E-state index in [0.717, 1.165) is 9.87 Å². The highest BCUT2D eigenvalue weighted by Gasteiger charge is 2.22. The molecule has 1 aromatic carbocycles. The van der Waals surface area contributed by atoms with E-state index >= 15 is 0 Å². The van der Waals surface area contributed by atoms with E-state index in [-0.39, 0.29) is 30.5 Å². The number of carbonyl (C=O) groups is 1. The Morgan fingerprint density at radius 3 is 2.67 bits per heavy atom. The van der Waals surface area contributed by atoms with Crippen LogP contribution in [0.25, 0.3) is 0 Å². The highest BCUT2D eigenvalue weighted by Crippen LogP contribution is 2.19. The molecule has 0 fully saturated rings. The van der Waals surface area contributed by atoms with E-state index in [1.807, 2.05) is 0 Å². The Bertz CT molecular complexity index is 584. The summed E-state index contributed by atoms with van der Waals surface area (Å²) < 4.78 is 30.7. The molecule has 0 radical (unpaired) electrons. The third kappa shape index (κ3) is 4.80. The number of ether oxygens (including phenoxy) is 1. The summed E-state index contributed by atoms with van der Waals surface area (Å²) in [5.41, 5.74) is 6.51. The molecule has 1 aromatic rings. The van der Waals surface area contributed by atoms with Gasteiger partial charge >= 0.3 is 5.97 Å². The van der Waals surface area contributed by atoms with Crippen molar-refractivity contribution in [2.75, 3.05) is 20.2 Å². The van der Waals surface area contributed by atoms with Crippen LogP contribution in [0.15, 0.2) is 29.2 Å². The van der Waals surface area contributed by atoms with E-state index in [9.17, 15) is 13.2 Å². The number of hydrogen-bond donors (Lipinski definition) is 1. The monoisotopic (exact) mass is 314 g/mol. The molecule has 0 heterocycles. The Morgan fingerprint density at radius 1 is 1.43 bits per heavy atom. The summed E-state index contributed by atoms with van der Waals surface area (Å²) in [6.07, 6.45) is 0.0244. The maximum atomic E-state index is 12.4. The Hall–Kier alpha value is -1.44. The highest BCUT2D eigenvalue weighted by molar-refractivity contribution is 7.89. The fourth-order valence-electron chi connectivity index (χ4n) is 1.74. The average molecular weight is 314 g/mol. The van der Waals surface area contributed by atoms with Crippen LogP contribution in [0, 0.1) is 0 Å². The first-order valence-corrected chi connectivity index (χ1v) is 8.20. The molecule has 1 unspecified atom stereocenters. The van der Waals surface area contributed by atoms with Crippen molar-refractivity contribution >= 4 is 16.0 Å². The van der Waals surface area contributed by atoms with Gasteiger partial charge in [-0.2, -0.15) is 0 Å². The van der Waals surface area contributed by atoms with Crippen molar-refractivity contribution in [2.45, 2.75) is 31.2 Å². The van der Waals surface area contributed by atoms with Crippen molar-refractivity contribution in [3.05, 3.63) is 29.8 Å². The van der Waals surface area contributed by atoms with E-state index in [0.29, 0.717) is 0 Å². The fourth-order valence-corrected chi connectivity index (χ4v) is 2.97.